The molecule has 7 nitrogen and oxygen atoms in total. The van der Waals surface area contributed by atoms with Crippen LogP contribution in [0.2, 0.25) is 0 Å². The van der Waals surface area contributed by atoms with Gasteiger partial charge in [-0.3, -0.25) is 24.4 Å². The molecular formula is C18H9F8N3O4. The van der Waals surface area contributed by atoms with E-state index in [9.17, 15) is 49.5 Å². The van der Waals surface area contributed by atoms with Gasteiger partial charge in [0, 0.05) is 17.8 Å². The first-order valence-electron chi connectivity index (χ1n) is 8.62. The minimum absolute atomic E-state index is 0.190. The number of halogens is 8. The number of fused-ring (bicyclic) bond motifs is 3. The molecule has 0 saturated heterocycles. The van der Waals surface area contributed by atoms with Crippen molar-refractivity contribution in [3.05, 3.63) is 35.3 Å². The Labute approximate surface area is 177 Å². The number of nitrogens with one attached hydrogen (secondary N) is 1. The van der Waals surface area contributed by atoms with Gasteiger partial charge in [-0.15, -0.1) is 0 Å². The summed E-state index contributed by atoms with van der Waals surface area (Å²) in [7, 11) is 0. The highest BCUT2D eigenvalue weighted by atomic mass is 19.4. The summed E-state index contributed by atoms with van der Waals surface area (Å²) >= 11 is 0. The van der Waals surface area contributed by atoms with Crippen molar-refractivity contribution in [2.75, 3.05) is 6.54 Å². The lowest BCUT2D eigenvalue weighted by Gasteiger charge is -2.28. The standard InChI is InChI=1S/C18H9F8N3O4/c19-9-2-6-1-7(14(31)29-5-16(20,21)17(22,23)18(24,25)26)3-27-11(6)12-10(9)13(30)8(4-28-12)15(32)33/h1-4,8H,5H2,(H,29,31)(H,32,33). The Morgan fingerprint density at radius 1 is 1.09 bits per heavy atom. The molecule has 0 fully saturated rings. The van der Waals surface area contributed by atoms with Crippen LogP contribution < -0.4 is 5.32 Å². The fraction of sp³-hybridized carbons (Fsp3) is 0.278. The third kappa shape index (κ3) is 3.98. The number of aromatic nitrogens is 1. The summed E-state index contributed by atoms with van der Waals surface area (Å²) in [6, 6.07) is 1.51. The van der Waals surface area contributed by atoms with Gasteiger partial charge in [-0.1, -0.05) is 0 Å². The number of ketones is 1. The number of carbonyl (C=O) groups excluding carboxylic acids is 2. The lowest BCUT2D eigenvalue weighted by molar-refractivity contribution is -0.352. The molecule has 0 bridgehead atoms. The first-order chi connectivity index (χ1) is 15.1. The van der Waals surface area contributed by atoms with Gasteiger partial charge in [-0.25, -0.2) is 4.39 Å². The SMILES string of the molecule is O=C(NCC(F)(F)C(F)(F)C(F)(F)F)c1cnc2c3c(c(F)cc2c1)C(=O)C(C(=O)O)C=N3. The van der Waals surface area contributed by atoms with Crippen molar-refractivity contribution in [3.63, 3.8) is 0 Å². The number of amides is 1. The molecule has 3 rings (SSSR count). The second-order valence-electron chi connectivity index (χ2n) is 6.80. The second kappa shape index (κ2) is 7.74. The van der Waals surface area contributed by atoms with E-state index < -0.39 is 65.1 Å². The number of Topliss-reactive ketones (excluding diaryl/α,β-unsaturated/α-hetero) is 1. The number of carbonyl (C=O) groups is 3. The van der Waals surface area contributed by atoms with Gasteiger partial charge < -0.3 is 10.4 Å². The van der Waals surface area contributed by atoms with E-state index in [1.165, 1.54) is 5.32 Å². The lowest BCUT2D eigenvalue weighted by atomic mass is 9.92. The summed E-state index contributed by atoms with van der Waals surface area (Å²) in [4.78, 5) is 42.7. The van der Waals surface area contributed by atoms with Gasteiger partial charge in [0.25, 0.3) is 5.91 Å². The van der Waals surface area contributed by atoms with E-state index in [4.69, 9.17) is 5.11 Å². The minimum atomic E-state index is -6.57. The van der Waals surface area contributed by atoms with Gasteiger partial charge in [0.2, 0.25) is 0 Å². The Balaban J connectivity index is 1.91. The number of hydrogen-bond donors (Lipinski definition) is 2. The van der Waals surface area contributed by atoms with Gasteiger partial charge >= 0.3 is 24.0 Å². The highest BCUT2D eigenvalue weighted by molar-refractivity contribution is 6.24. The Bertz CT molecular complexity index is 1210. The number of rotatable bonds is 5. The van der Waals surface area contributed by atoms with Gasteiger partial charge in [0.1, 0.15) is 11.5 Å². The summed E-state index contributed by atoms with van der Waals surface area (Å²) in [5, 5.41) is 10.00. The minimum Gasteiger partial charge on any atom is -0.480 e. The Morgan fingerprint density at radius 3 is 2.30 bits per heavy atom. The molecule has 176 valence electrons. The van der Waals surface area contributed by atoms with E-state index >= 15 is 0 Å². The number of carboxylic acid groups (broad SMARTS) is 1. The van der Waals surface area contributed by atoms with Crippen molar-refractivity contribution in [2.24, 2.45) is 10.9 Å². The number of benzene rings is 1. The Morgan fingerprint density at radius 2 is 1.73 bits per heavy atom. The van der Waals surface area contributed by atoms with Crippen LogP contribution in [0.4, 0.5) is 40.8 Å². The number of carboxylic acids is 1. The molecule has 1 atom stereocenters. The summed E-state index contributed by atoms with van der Waals surface area (Å²) in [5.41, 5.74) is -1.85. The number of hydrogen-bond acceptors (Lipinski definition) is 5. The molecular weight excluding hydrogens is 474 g/mol. The van der Waals surface area contributed by atoms with Crippen LogP contribution in [0.5, 0.6) is 0 Å². The summed E-state index contributed by atoms with van der Waals surface area (Å²) < 4.78 is 104. The molecule has 0 radical (unpaired) electrons. The van der Waals surface area contributed by atoms with Gasteiger partial charge in [-0.2, -0.15) is 30.7 Å². The fourth-order valence-electron chi connectivity index (χ4n) is 2.87. The number of pyridine rings is 1. The fourth-order valence-corrected chi connectivity index (χ4v) is 2.87. The van der Waals surface area contributed by atoms with Crippen LogP contribution in [-0.4, -0.2) is 58.5 Å². The van der Waals surface area contributed by atoms with Crippen LogP contribution in [-0.2, 0) is 4.79 Å². The average molecular weight is 483 g/mol. The molecule has 0 aliphatic carbocycles. The topological polar surface area (TPSA) is 109 Å². The maximum atomic E-state index is 14.5. The van der Waals surface area contributed by atoms with Crippen LogP contribution >= 0.6 is 0 Å². The zero-order valence-corrected chi connectivity index (χ0v) is 15.7. The highest BCUT2D eigenvalue weighted by Gasteiger charge is 2.72. The van der Waals surface area contributed by atoms with E-state index in [0.717, 1.165) is 12.3 Å². The molecule has 2 aromatic rings. The maximum absolute atomic E-state index is 14.5. The quantitative estimate of drug-likeness (QED) is 0.500. The smallest absolute Gasteiger partial charge is 0.459 e. The molecule has 2 heterocycles. The number of nitrogens with zero attached hydrogens (tertiary/aromatic N) is 2. The molecule has 1 aliphatic rings. The third-order valence-corrected chi connectivity index (χ3v) is 4.60. The van der Waals surface area contributed by atoms with Gasteiger partial charge in [0.15, 0.2) is 11.7 Å². The summed E-state index contributed by atoms with van der Waals surface area (Å²) in [5.74, 6) is -19.3. The molecule has 15 heteroatoms. The molecule has 33 heavy (non-hydrogen) atoms. The molecule has 1 aromatic carbocycles. The van der Waals surface area contributed by atoms with E-state index in [1.807, 2.05) is 0 Å². The molecule has 0 saturated carbocycles. The molecule has 1 aromatic heterocycles. The monoisotopic (exact) mass is 483 g/mol. The summed E-state index contributed by atoms with van der Waals surface area (Å²) in [6.07, 6.45) is -5.14. The van der Waals surface area contributed by atoms with Crippen molar-refractivity contribution >= 4 is 40.5 Å². The zero-order valence-electron chi connectivity index (χ0n) is 15.7. The van der Waals surface area contributed by atoms with Crippen molar-refractivity contribution < 1.29 is 54.6 Å². The van der Waals surface area contributed by atoms with E-state index in [-0.39, 0.29) is 16.6 Å². The van der Waals surface area contributed by atoms with Crippen LogP contribution in [0.3, 0.4) is 0 Å². The van der Waals surface area contributed by atoms with Gasteiger partial charge in [0.05, 0.1) is 23.2 Å². The molecule has 1 amide bonds. The zero-order chi connectivity index (χ0) is 24.9. The highest BCUT2D eigenvalue weighted by Crippen LogP contribution is 2.46. The molecule has 1 unspecified atom stereocenters. The lowest BCUT2D eigenvalue weighted by Crippen LogP contribution is -2.56. The number of aliphatic carboxylic acids is 1. The molecule has 0 spiro atoms. The van der Waals surface area contributed by atoms with E-state index in [1.54, 1.807) is 0 Å². The summed E-state index contributed by atoms with van der Waals surface area (Å²) in [6.45, 7) is -2.37. The van der Waals surface area contributed by atoms with Gasteiger partial charge in [-0.05, 0) is 12.1 Å². The van der Waals surface area contributed by atoms with Crippen molar-refractivity contribution in [3.8, 4) is 0 Å². The Hall–Kier alpha value is -3.65. The van der Waals surface area contributed by atoms with Crippen molar-refractivity contribution in [1.29, 1.82) is 0 Å². The van der Waals surface area contributed by atoms with E-state index in [0.29, 0.717) is 12.3 Å². The van der Waals surface area contributed by atoms with Crippen LogP contribution in [0.1, 0.15) is 20.7 Å². The van der Waals surface area contributed by atoms with Crippen molar-refractivity contribution in [1.82, 2.24) is 10.3 Å². The molecule has 2 N–H and O–H groups in total. The predicted octanol–water partition coefficient (Wildman–Crippen LogP) is 3.54. The largest absolute Gasteiger partial charge is 0.480 e. The number of alkyl halides is 7. The first kappa shape index (κ1) is 24.0. The van der Waals surface area contributed by atoms with Crippen LogP contribution in [0, 0.1) is 11.7 Å². The van der Waals surface area contributed by atoms with Crippen molar-refractivity contribution in [2.45, 2.75) is 18.0 Å². The first-order valence-corrected chi connectivity index (χ1v) is 8.62. The number of aliphatic imine (C=N–C) groups is 1. The molecule has 1 aliphatic heterocycles. The van der Waals surface area contributed by atoms with Crippen LogP contribution in [0.15, 0.2) is 23.3 Å². The third-order valence-electron chi connectivity index (χ3n) is 4.60. The maximum Gasteiger partial charge on any atom is 0.459 e. The van der Waals surface area contributed by atoms with Crippen LogP contribution in [0.25, 0.3) is 10.9 Å². The Kier molecular flexibility index (Phi) is 5.63. The normalized spacial score (nSPS) is 16.6. The predicted molar refractivity (Wildman–Crippen MR) is 93.6 cm³/mol. The average Bonchev–Trinajstić information content (AvgIpc) is 2.70. The van der Waals surface area contributed by atoms with E-state index in [2.05, 4.69) is 9.98 Å². The second-order valence-corrected chi connectivity index (χ2v) is 6.80.